The van der Waals surface area contributed by atoms with Crippen LogP contribution in [0.15, 0.2) is 41.3 Å². The van der Waals surface area contributed by atoms with Crippen LogP contribution in [0.5, 0.6) is 0 Å². The molecule has 1 heterocycles. The largest absolute Gasteiger partial charge is 0.370 e. The number of anilines is 2. The zero-order chi connectivity index (χ0) is 19.4. The van der Waals surface area contributed by atoms with Crippen LogP contribution >= 0.6 is 23.4 Å². The Bertz CT molecular complexity index is 869. The summed E-state index contributed by atoms with van der Waals surface area (Å²) in [4.78, 5) is 26.3. The van der Waals surface area contributed by atoms with E-state index in [9.17, 15) is 14.9 Å². The maximum atomic E-state index is 12.6. The average molecular weight is 406 g/mol. The number of benzene rings is 2. The van der Waals surface area contributed by atoms with E-state index in [0.717, 1.165) is 36.5 Å². The number of carbonyl (C=O) groups is 1. The topological polar surface area (TPSA) is 75.5 Å². The maximum Gasteiger partial charge on any atom is 0.282 e. The van der Waals surface area contributed by atoms with E-state index >= 15 is 0 Å². The molecule has 0 radical (unpaired) electrons. The van der Waals surface area contributed by atoms with Crippen molar-refractivity contribution >= 4 is 46.3 Å². The van der Waals surface area contributed by atoms with Gasteiger partial charge in [0, 0.05) is 29.7 Å². The molecule has 8 heteroatoms. The van der Waals surface area contributed by atoms with Crippen molar-refractivity contribution in [3.05, 3.63) is 57.1 Å². The molecule has 27 heavy (non-hydrogen) atoms. The molecule has 0 unspecified atom stereocenters. The van der Waals surface area contributed by atoms with Crippen molar-refractivity contribution in [1.29, 1.82) is 0 Å². The molecule has 1 aliphatic rings. The number of hydrogen-bond acceptors (Lipinski definition) is 5. The van der Waals surface area contributed by atoms with Crippen molar-refractivity contribution in [2.45, 2.75) is 24.2 Å². The summed E-state index contributed by atoms with van der Waals surface area (Å²) in [6.07, 6.45) is 5.37. The quantitative estimate of drug-likeness (QED) is 0.419. The molecule has 0 bridgehead atoms. The number of nitrogens with zero attached hydrogens (tertiary/aromatic N) is 2. The lowest BCUT2D eigenvalue weighted by atomic mass is 10.1. The lowest BCUT2D eigenvalue weighted by Crippen LogP contribution is -2.29. The first kappa shape index (κ1) is 19.5. The summed E-state index contributed by atoms with van der Waals surface area (Å²) in [5, 5.41) is 14.5. The van der Waals surface area contributed by atoms with Crippen LogP contribution in [0.2, 0.25) is 5.02 Å². The first-order valence-electron chi connectivity index (χ1n) is 8.68. The van der Waals surface area contributed by atoms with Crippen molar-refractivity contribution < 1.29 is 9.72 Å². The molecule has 1 saturated heterocycles. The highest BCUT2D eigenvalue weighted by atomic mass is 35.5. The first-order chi connectivity index (χ1) is 13.0. The van der Waals surface area contributed by atoms with Gasteiger partial charge in [-0.05, 0) is 55.9 Å². The standard InChI is InChI=1S/C19H20ClN3O3S/c1-27-14-6-8-17(23(25)26)15(12-14)19(24)21-13-5-7-18(16(20)11-13)22-9-3-2-4-10-22/h5-8,11-12H,2-4,9-10H2,1H3,(H,21,24). The summed E-state index contributed by atoms with van der Waals surface area (Å²) in [6, 6.07) is 9.86. The first-order valence-corrected chi connectivity index (χ1v) is 10.3. The van der Waals surface area contributed by atoms with Gasteiger partial charge < -0.3 is 10.2 Å². The van der Waals surface area contributed by atoms with Gasteiger partial charge in [0.1, 0.15) is 5.56 Å². The van der Waals surface area contributed by atoms with E-state index < -0.39 is 10.8 Å². The molecule has 1 amide bonds. The van der Waals surface area contributed by atoms with E-state index in [0.29, 0.717) is 10.7 Å². The molecular weight excluding hydrogens is 386 g/mol. The number of nitrogens with one attached hydrogen (secondary N) is 1. The van der Waals surface area contributed by atoms with Crippen LogP contribution < -0.4 is 10.2 Å². The second-order valence-electron chi connectivity index (χ2n) is 6.31. The Morgan fingerprint density at radius 1 is 1.19 bits per heavy atom. The Labute approximate surface area is 167 Å². The fourth-order valence-corrected chi connectivity index (χ4v) is 3.90. The van der Waals surface area contributed by atoms with Crippen molar-refractivity contribution in [2.75, 3.05) is 29.6 Å². The number of carbonyl (C=O) groups excluding carboxylic acids is 1. The fraction of sp³-hybridized carbons (Fsp3) is 0.316. The smallest absolute Gasteiger partial charge is 0.282 e. The van der Waals surface area contributed by atoms with Crippen LogP contribution in [0, 0.1) is 10.1 Å². The molecule has 1 fully saturated rings. The summed E-state index contributed by atoms with van der Waals surface area (Å²) < 4.78 is 0. The Kier molecular flexibility index (Phi) is 6.23. The minimum atomic E-state index is -0.550. The van der Waals surface area contributed by atoms with Crippen LogP contribution in [0.1, 0.15) is 29.6 Å². The minimum Gasteiger partial charge on any atom is -0.370 e. The molecule has 1 aliphatic heterocycles. The van der Waals surface area contributed by atoms with Gasteiger partial charge in [0.05, 0.1) is 15.6 Å². The average Bonchev–Trinajstić information content (AvgIpc) is 2.68. The van der Waals surface area contributed by atoms with E-state index in [4.69, 9.17) is 11.6 Å². The lowest BCUT2D eigenvalue weighted by Gasteiger charge is -2.29. The van der Waals surface area contributed by atoms with E-state index in [1.807, 2.05) is 12.3 Å². The third-order valence-corrected chi connectivity index (χ3v) is 5.58. The van der Waals surface area contributed by atoms with Gasteiger partial charge in [-0.3, -0.25) is 14.9 Å². The summed E-state index contributed by atoms with van der Waals surface area (Å²) in [5.41, 5.74) is 1.27. The number of halogens is 1. The molecule has 2 aromatic carbocycles. The molecular formula is C19H20ClN3O3S. The normalized spacial score (nSPS) is 14.1. The Hall–Kier alpha value is -2.25. The van der Waals surface area contributed by atoms with E-state index in [-0.39, 0.29) is 11.3 Å². The molecule has 0 saturated carbocycles. The summed E-state index contributed by atoms with van der Waals surface area (Å²) in [6.45, 7) is 1.94. The van der Waals surface area contributed by atoms with Crippen molar-refractivity contribution in [3.8, 4) is 0 Å². The van der Waals surface area contributed by atoms with E-state index in [2.05, 4.69) is 10.2 Å². The van der Waals surface area contributed by atoms with Crippen LogP contribution in [0.25, 0.3) is 0 Å². The van der Waals surface area contributed by atoms with Crippen molar-refractivity contribution in [1.82, 2.24) is 0 Å². The maximum absolute atomic E-state index is 12.6. The monoisotopic (exact) mass is 405 g/mol. The van der Waals surface area contributed by atoms with Crippen LogP contribution in [0.3, 0.4) is 0 Å². The molecule has 0 aromatic heterocycles. The molecule has 142 valence electrons. The number of piperidine rings is 1. The number of nitro groups is 1. The predicted molar refractivity (Wildman–Crippen MR) is 110 cm³/mol. The zero-order valence-electron chi connectivity index (χ0n) is 14.9. The van der Waals surface area contributed by atoms with Gasteiger partial charge in [-0.25, -0.2) is 0 Å². The number of rotatable bonds is 5. The van der Waals surface area contributed by atoms with Gasteiger partial charge >= 0.3 is 0 Å². The Morgan fingerprint density at radius 2 is 1.93 bits per heavy atom. The second kappa shape index (κ2) is 8.63. The third kappa shape index (κ3) is 4.54. The molecule has 0 aliphatic carbocycles. The second-order valence-corrected chi connectivity index (χ2v) is 7.60. The molecule has 0 atom stereocenters. The van der Waals surface area contributed by atoms with Crippen molar-refractivity contribution in [3.63, 3.8) is 0 Å². The number of nitro benzene ring substituents is 1. The van der Waals surface area contributed by atoms with Gasteiger partial charge in [0.2, 0.25) is 0 Å². The Balaban J connectivity index is 1.82. The number of thioether (sulfide) groups is 1. The molecule has 6 nitrogen and oxygen atoms in total. The highest BCUT2D eigenvalue weighted by Gasteiger charge is 2.21. The summed E-state index contributed by atoms with van der Waals surface area (Å²) in [5.74, 6) is -0.528. The van der Waals surface area contributed by atoms with Crippen LogP contribution in [-0.4, -0.2) is 30.2 Å². The number of amides is 1. The highest BCUT2D eigenvalue weighted by molar-refractivity contribution is 7.98. The van der Waals surface area contributed by atoms with Gasteiger partial charge in [0.25, 0.3) is 11.6 Å². The van der Waals surface area contributed by atoms with E-state index in [1.165, 1.54) is 30.3 Å². The predicted octanol–water partition coefficient (Wildman–Crippen LogP) is 5.21. The van der Waals surface area contributed by atoms with Gasteiger partial charge in [-0.2, -0.15) is 0 Å². The molecule has 2 aromatic rings. The van der Waals surface area contributed by atoms with Crippen LogP contribution in [0.4, 0.5) is 17.1 Å². The minimum absolute atomic E-state index is 0.0306. The van der Waals surface area contributed by atoms with Crippen LogP contribution in [-0.2, 0) is 0 Å². The van der Waals surface area contributed by atoms with E-state index in [1.54, 1.807) is 18.2 Å². The Morgan fingerprint density at radius 3 is 2.56 bits per heavy atom. The fourth-order valence-electron chi connectivity index (χ4n) is 3.16. The van der Waals surface area contributed by atoms with Crippen molar-refractivity contribution in [2.24, 2.45) is 0 Å². The SMILES string of the molecule is CSc1ccc([N+](=O)[O-])c(C(=O)Nc2ccc(N3CCCCC3)c(Cl)c2)c1. The molecule has 1 N–H and O–H groups in total. The highest BCUT2D eigenvalue weighted by Crippen LogP contribution is 2.31. The lowest BCUT2D eigenvalue weighted by molar-refractivity contribution is -0.385. The zero-order valence-corrected chi connectivity index (χ0v) is 16.5. The molecule has 0 spiro atoms. The number of hydrogen-bond donors (Lipinski definition) is 1. The third-order valence-electron chi connectivity index (χ3n) is 4.55. The van der Waals surface area contributed by atoms with Gasteiger partial charge in [-0.15, -0.1) is 11.8 Å². The van der Waals surface area contributed by atoms with Gasteiger partial charge in [-0.1, -0.05) is 11.6 Å². The summed E-state index contributed by atoms with van der Waals surface area (Å²) in [7, 11) is 0. The summed E-state index contributed by atoms with van der Waals surface area (Å²) >= 11 is 7.84. The van der Waals surface area contributed by atoms with Gasteiger partial charge in [0.15, 0.2) is 0 Å². The molecule has 3 rings (SSSR count).